The standard InChI is InChI=1S/C11H22N2O2/c1-8(2)5-10(11(14)13(3)4)12-9-6-15-7-9/h8-10,12H,5-7H2,1-4H3. The lowest BCUT2D eigenvalue weighted by Gasteiger charge is -2.32. The minimum absolute atomic E-state index is 0.0612. The van der Waals surface area contributed by atoms with E-state index in [1.807, 2.05) is 0 Å². The third-order valence-electron chi connectivity index (χ3n) is 2.52. The Bertz CT molecular complexity index is 213. The van der Waals surface area contributed by atoms with Gasteiger partial charge in [-0.05, 0) is 12.3 Å². The Balaban J connectivity index is 2.47. The lowest BCUT2D eigenvalue weighted by atomic mass is 10.0. The van der Waals surface area contributed by atoms with Crippen LogP contribution >= 0.6 is 0 Å². The van der Waals surface area contributed by atoms with E-state index >= 15 is 0 Å². The van der Waals surface area contributed by atoms with Gasteiger partial charge in [0, 0.05) is 14.1 Å². The van der Waals surface area contributed by atoms with Crippen molar-refractivity contribution < 1.29 is 9.53 Å². The van der Waals surface area contributed by atoms with Gasteiger partial charge < -0.3 is 9.64 Å². The van der Waals surface area contributed by atoms with Gasteiger partial charge in [-0.1, -0.05) is 13.8 Å². The van der Waals surface area contributed by atoms with Crippen molar-refractivity contribution in [3.05, 3.63) is 0 Å². The normalized spacial score (nSPS) is 18.7. The minimum atomic E-state index is -0.0612. The van der Waals surface area contributed by atoms with Crippen LogP contribution in [0.2, 0.25) is 0 Å². The summed E-state index contributed by atoms with van der Waals surface area (Å²) in [5.41, 5.74) is 0. The first kappa shape index (κ1) is 12.5. The van der Waals surface area contributed by atoms with Crippen LogP contribution in [0.4, 0.5) is 0 Å². The highest BCUT2D eigenvalue weighted by atomic mass is 16.5. The average Bonchev–Trinajstić information content (AvgIpc) is 2.07. The average molecular weight is 214 g/mol. The van der Waals surface area contributed by atoms with Crippen molar-refractivity contribution in [3.63, 3.8) is 0 Å². The molecule has 1 aliphatic heterocycles. The SMILES string of the molecule is CC(C)CC(NC1COC1)C(=O)N(C)C. The van der Waals surface area contributed by atoms with E-state index in [0.717, 1.165) is 19.6 Å². The van der Waals surface area contributed by atoms with Crippen LogP contribution in [0.1, 0.15) is 20.3 Å². The second-order valence-electron chi connectivity index (χ2n) is 4.82. The number of carbonyl (C=O) groups excluding carboxylic acids is 1. The summed E-state index contributed by atoms with van der Waals surface area (Å²) in [6, 6.07) is 0.298. The van der Waals surface area contributed by atoms with Crippen molar-refractivity contribution in [2.24, 2.45) is 5.92 Å². The third-order valence-corrected chi connectivity index (χ3v) is 2.52. The monoisotopic (exact) mass is 214 g/mol. The molecular formula is C11H22N2O2. The Morgan fingerprint density at radius 2 is 2.07 bits per heavy atom. The third kappa shape index (κ3) is 3.80. The van der Waals surface area contributed by atoms with Crippen LogP contribution in [0.5, 0.6) is 0 Å². The Labute approximate surface area is 92.0 Å². The van der Waals surface area contributed by atoms with E-state index in [4.69, 9.17) is 4.74 Å². The predicted octanol–water partition coefficient (Wildman–Crippen LogP) is 0.478. The molecule has 1 heterocycles. The lowest BCUT2D eigenvalue weighted by Crippen LogP contribution is -2.55. The summed E-state index contributed by atoms with van der Waals surface area (Å²) in [5, 5.41) is 3.35. The van der Waals surface area contributed by atoms with Gasteiger partial charge in [0.2, 0.25) is 5.91 Å². The molecule has 1 saturated heterocycles. The number of hydrogen-bond donors (Lipinski definition) is 1. The van der Waals surface area contributed by atoms with Crippen LogP contribution in [0, 0.1) is 5.92 Å². The van der Waals surface area contributed by atoms with E-state index in [1.54, 1.807) is 19.0 Å². The highest BCUT2D eigenvalue weighted by molar-refractivity contribution is 5.81. The number of nitrogens with zero attached hydrogens (tertiary/aromatic N) is 1. The smallest absolute Gasteiger partial charge is 0.239 e. The Kier molecular flexibility index (Phi) is 4.54. The highest BCUT2D eigenvalue weighted by Crippen LogP contribution is 2.10. The molecule has 0 aromatic heterocycles. The molecule has 0 aliphatic carbocycles. The Morgan fingerprint density at radius 1 is 1.47 bits per heavy atom. The first-order valence-corrected chi connectivity index (χ1v) is 5.55. The second-order valence-corrected chi connectivity index (χ2v) is 4.82. The molecule has 1 unspecified atom stereocenters. The van der Waals surface area contributed by atoms with Crippen LogP contribution in [0.15, 0.2) is 0 Å². The maximum Gasteiger partial charge on any atom is 0.239 e. The fourth-order valence-corrected chi connectivity index (χ4v) is 1.64. The molecule has 15 heavy (non-hydrogen) atoms. The van der Waals surface area contributed by atoms with Gasteiger partial charge in [0.25, 0.3) is 0 Å². The molecule has 1 atom stereocenters. The summed E-state index contributed by atoms with van der Waals surface area (Å²) in [5.74, 6) is 0.683. The molecule has 4 heteroatoms. The van der Waals surface area contributed by atoms with Crippen molar-refractivity contribution in [2.45, 2.75) is 32.4 Å². The molecule has 1 fully saturated rings. The summed E-state index contributed by atoms with van der Waals surface area (Å²) in [7, 11) is 3.60. The van der Waals surface area contributed by atoms with Gasteiger partial charge in [-0.3, -0.25) is 10.1 Å². The largest absolute Gasteiger partial charge is 0.378 e. The number of amides is 1. The van der Waals surface area contributed by atoms with Crippen molar-refractivity contribution in [1.29, 1.82) is 0 Å². The summed E-state index contributed by atoms with van der Waals surface area (Å²) in [4.78, 5) is 13.5. The molecule has 0 aromatic carbocycles. The number of ether oxygens (including phenoxy) is 1. The Morgan fingerprint density at radius 3 is 2.40 bits per heavy atom. The molecular weight excluding hydrogens is 192 g/mol. The first-order chi connectivity index (χ1) is 7.00. The number of hydrogen-bond acceptors (Lipinski definition) is 3. The molecule has 0 aromatic rings. The second kappa shape index (κ2) is 5.47. The Hall–Kier alpha value is -0.610. The molecule has 0 radical (unpaired) electrons. The maximum absolute atomic E-state index is 11.9. The number of carbonyl (C=O) groups is 1. The summed E-state index contributed by atoms with van der Waals surface area (Å²) >= 11 is 0. The molecule has 1 N–H and O–H groups in total. The van der Waals surface area contributed by atoms with Crippen molar-refractivity contribution in [1.82, 2.24) is 10.2 Å². The van der Waals surface area contributed by atoms with Gasteiger partial charge in [0.05, 0.1) is 25.3 Å². The molecule has 0 bridgehead atoms. The van der Waals surface area contributed by atoms with E-state index in [0.29, 0.717) is 12.0 Å². The fraction of sp³-hybridized carbons (Fsp3) is 0.909. The zero-order valence-corrected chi connectivity index (χ0v) is 10.1. The van der Waals surface area contributed by atoms with Crippen LogP contribution in [-0.2, 0) is 9.53 Å². The predicted molar refractivity (Wildman–Crippen MR) is 59.7 cm³/mol. The van der Waals surface area contributed by atoms with Crippen molar-refractivity contribution >= 4 is 5.91 Å². The summed E-state index contributed by atoms with van der Waals surface area (Å²) in [6.07, 6.45) is 0.882. The molecule has 1 aliphatic rings. The summed E-state index contributed by atoms with van der Waals surface area (Å²) in [6.45, 7) is 5.73. The van der Waals surface area contributed by atoms with Crippen LogP contribution < -0.4 is 5.32 Å². The lowest BCUT2D eigenvalue weighted by molar-refractivity contribution is -0.132. The molecule has 4 nitrogen and oxygen atoms in total. The molecule has 0 spiro atoms. The molecule has 1 rings (SSSR count). The van der Waals surface area contributed by atoms with Gasteiger partial charge >= 0.3 is 0 Å². The van der Waals surface area contributed by atoms with Gasteiger partial charge in [-0.2, -0.15) is 0 Å². The highest BCUT2D eigenvalue weighted by Gasteiger charge is 2.27. The van der Waals surface area contributed by atoms with Crippen LogP contribution in [0.3, 0.4) is 0 Å². The molecule has 0 saturated carbocycles. The van der Waals surface area contributed by atoms with E-state index < -0.39 is 0 Å². The molecule has 1 amide bonds. The number of nitrogens with one attached hydrogen (secondary N) is 1. The van der Waals surface area contributed by atoms with Gasteiger partial charge in [0.1, 0.15) is 0 Å². The topological polar surface area (TPSA) is 41.6 Å². The first-order valence-electron chi connectivity index (χ1n) is 5.55. The summed E-state index contributed by atoms with van der Waals surface area (Å²) < 4.78 is 5.09. The zero-order chi connectivity index (χ0) is 11.4. The molecule has 88 valence electrons. The van der Waals surface area contributed by atoms with Crippen LogP contribution in [0.25, 0.3) is 0 Å². The van der Waals surface area contributed by atoms with Crippen molar-refractivity contribution in [2.75, 3.05) is 27.3 Å². The van der Waals surface area contributed by atoms with Gasteiger partial charge in [0.15, 0.2) is 0 Å². The quantitative estimate of drug-likeness (QED) is 0.723. The van der Waals surface area contributed by atoms with E-state index in [-0.39, 0.29) is 11.9 Å². The number of rotatable bonds is 5. The fourth-order valence-electron chi connectivity index (χ4n) is 1.64. The van der Waals surface area contributed by atoms with Crippen molar-refractivity contribution in [3.8, 4) is 0 Å². The van der Waals surface area contributed by atoms with E-state index in [2.05, 4.69) is 19.2 Å². The maximum atomic E-state index is 11.9. The van der Waals surface area contributed by atoms with Gasteiger partial charge in [-0.15, -0.1) is 0 Å². The van der Waals surface area contributed by atoms with Gasteiger partial charge in [-0.25, -0.2) is 0 Å². The minimum Gasteiger partial charge on any atom is -0.378 e. The van der Waals surface area contributed by atoms with E-state index in [1.165, 1.54) is 0 Å². The van der Waals surface area contributed by atoms with E-state index in [9.17, 15) is 4.79 Å². The number of likely N-dealkylation sites (N-methyl/N-ethyl adjacent to an activating group) is 1. The van der Waals surface area contributed by atoms with Crippen LogP contribution in [-0.4, -0.2) is 50.2 Å². The zero-order valence-electron chi connectivity index (χ0n) is 10.1.